The van der Waals surface area contributed by atoms with Gasteiger partial charge < -0.3 is 4.42 Å². The first-order chi connectivity index (χ1) is 5.52. The second-order valence-corrected chi connectivity index (χ2v) is 4.10. The molecule has 1 aromatic rings. The van der Waals surface area contributed by atoms with Crippen molar-refractivity contribution in [2.24, 2.45) is 0 Å². The zero-order valence-electron chi connectivity index (χ0n) is 6.12. The predicted octanol–water partition coefficient (Wildman–Crippen LogP) is 0.0201. The summed E-state index contributed by atoms with van der Waals surface area (Å²) in [5.41, 5.74) is 0.651. The summed E-state index contributed by atoms with van der Waals surface area (Å²) in [4.78, 5) is 11.0. The van der Waals surface area contributed by atoms with Gasteiger partial charge in [0, 0.05) is 5.56 Å². The number of hydrogen-bond donors (Lipinski definition) is 1. The number of amides is 1. The van der Waals surface area contributed by atoms with Gasteiger partial charge >= 0.3 is 0 Å². The quantitative estimate of drug-likeness (QED) is 0.621. The van der Waals surface area contributed by atoms with Crippen LogP contribution >= 0.6 is 0 Å². The fourth-order valence-electron chi connectivity index (χ4n) is 1.11. The zero-order chi connectivity index (χ0) is 8.93. The van der Waals surface area contributed by atoms with Crippen molar-refractivity contribution in [3.05, 3.63) is 17.4 Å². The highest BCUT2D eigenvalue weighted by Crippen LogP contribution is 2.26. The van der Waals surface area contributed by atoms with Crippen LogP contribution in [0.5, 0.6) is 0 Å². The molecule has 2 rings (SSSR count). The van der Waals surface area contributed by atoms with Crippen LogP contribution < -0.4 is 4.72 Å². The summed E-state index contributed by atoms with van der Waals surface area (Å²) in [6, 6.07) is 0. The molecule has 0 aliphatic carbocycles. The standard InChI is InChI=1S/C6H5NO4S/c1-3-2-11-6-4(3)5(8)7-12(6,9)10/h2H,1H3,(H,7,8). The maximum atomic E-state index is 11.1. The number of sulfonamides is 1. The largest absolute Gasteiger partial charge is 0.450 e. The molecule has 0 spiro atoms. The molecule has 1 aromatic heterocycles. The van der Waals surface area contributed by atoms with Crippen LogP contribution in [0.1, 0.15) is 15.9 Å². The van der Waals surface area contributed by atoms with E-state index in [1.807, 2.05) is 4.72 Å². The number of aryl methyl sites for hydroxylation is 1. The Hall–Kier alpha value is -1.30. The molecule has 0 fully saturated rings. The van der Waals surface area contributed by atoms with E-state index in [0.717, 1.165) is 0 Å². The summed E-state index contributed by atoms with van der Waals surface area (Å²) >= 11 is 0. The molecule has 5 nitrogen and oxygen atoms in total. The fraction of sp³-hybridized carbons (Fsp3) is 0.167. The Morgan fingerprint density at radius 2 is 2.17 bits per heavy atom. The Kier molecular flexibility index (Phi) is 1.16. The van der Waals surface area contributed by atoms with Gasteiger partial charge in [-0.25, -0.2) is 4.72 Å². The van der Waals surface area contributed by atoms with Crippen molar-refractivity contribution in [2.75, 3.05) is 0 Å². The number of fused-ring (bicyclic) bond motifs is 1. The number of nitrogens with one attached hydrogen (secondary N) is 1. The summed E-state index contributed by atoms with van der Waals surface area (Å²) in [7, 11) is -3.70. The van der Waals surface area contributed by atoms with Crippen molar-refractivity contribution in [1.29, 1.82) is 0 Å². The second-order valence-electron chi connectivity index (χ2n) is 2.52. The van der Waals surface area contributed by atoms with E-state index in [4.69, 9.17) is 4.42 Å². The van der Waals surface area contributed by atoms with Gasteiger partial charge in [0.15, 0.2) is 0 Å². The van der Waals surface area contributed by atoms with Crippen molar-refractivity contribution >= 4 is 15.9 Å². The Bertz CT molecular complexity index is 456. The molecule has 0 saturated heterocycles. The van der Waals surface area contributed by atoms with Gasteiger partial charge in [-0.15, -0.1) is 0 Å². The summed E-state index contributed by atoms with van der Waals surface area (Å²) in [6.07, 6.45) is 1.25. The normalized spacial score (nSPS) is 18.9. The van der Waals surface area contributed by atoms with E-state index < -0.39 is 15.9 Å². The van der Waals surface area contributed by atoms with E-state index in [-0.39, 0.29) is 10.7 Å². The number of rotatable bonds is 0. The van der Waals surface area contributed by atoms with E-state index in [1.165, 1.54) is 6.26 Å². The monoisotopic (exact) mass is 187 g/mol. The van der Waals surface area contributed by atoms with Gasteiger partial charge in [-0.1, -0.05) is 0 Å². The Morgan fingerprint density at radius 1 is 1.50 bits per heavy atom. The van der Waals surface area contributed by atoms with Crippen LogP contribution in [0.2, 0.25) is 0 Å². The minimum absolute atomic E-state index is 0.120. The topological polar surface area (TPSA) is 76.4 Å². The van der Waals surface area contributed by atoms with Crippen molar-refractivity contribution in [3.63, 3.8) is 0 Å². The summed E-state index contributed by atoms with van der Waals surface area (Å²) in [6.45, 7) is 1.61. The molecule has 64 valence electrons. The van der Waals surface area contributed by atoms with Crippen LogP contribution in [0.25, 0.3) is 0 Å². The average molecular weight is 187 g/mol. The predicted molar refractivity (Wildman–Crippen MR) is 38.1 cm³/mol. The Balaban J connectivity index is 2.85. The molecule has 0 unspecified atom stereocenters. The van der Waals surface area contributed by atoms with Gasteiger partial charge in [0.2, 0.25) is 0 Å². The van der Waals surface area contributed by atoms with Gasteiger partial charge in [-0.2, -0.15) is 8.42 Å². The van der Waals surface area contributed by atoms with Crippen LogP contribution in [0.4, 0.5) is 0 Å². The molecule has 1 aliphatic rings. The first kappa shape index (κ1) is 7.35. The third kappa shape index (κ3) is 0.724. The smallest absolute Gasteiger partial charge is 0.298 e. The third-order valence-electron chi connectivity index (χ3n) is 1.64. The maximum Gasteiger partial charge on any atom is 0.298 e. The van der Waals surface area contributed by atoms with E-state index in [2.05, 4.69) is 0 Å². The Labute approximate surface area is 68.4 Å². The number of furan rings is 1. The van der Waals surface area contributed by atoms with Gasteiger partial charge in [-0.3, -0.25) is 4.79 Å². The van der Waals surface area contributed by atoms with E-state index >= 15 is 0 Å². The molecular weight excluding hydrogens is 182 g/mol. The first-order valence-electron chi connectivity index (χ1n) is 3.17. The maximum absolute atomic E-state index is 11.1. The van der Waals surface area contributed by atoms with Crippen molar-refractivity contribution in [1.82, 2.24) is 4.72 Å². The SMILES string of the molecule is Cc1coc2c1C(=O)NS2(=O)=O. The molecule has 12 heavy (non-hydrogen) atoms. The number of carbonyl (C=O) groups is 1. The summed E-state index contributed by atoms with van der Waals surface area (Å²) in [5, 5.41) is -0.273. The van der Waals surface area contributed by atoms with Crippen molar-refractivity contribution in [2.45, 2.75) is 12.0 Å². The van der Waals surface area contributed by atoms with Crippen LogP contribution in [-0.4, -0.2) is 14.3 Å². The molecule has 0 aromatic carbocycles. The minimum atomic E-state index is -3.70. The van der Waals surface area contributed by atoms with E-state index in [1.54, 1.807) is 6.92 Å². The highest BCUT2D eigenvalue weighted by atomic mass is 32.2. The van der Waals surface area contributed by atoms with E-state index in [9.17, 15) is 13.2 Å². The Morgan fingerprint density at radius 3 is 2.75 bits per heavy atom. The lowest BCUT2D eigenvalue weighted by Gasteiger charge is -1.89. The lowest BCUT2D eigenvalue weighted by Crippen LogP contribution is -2.21. The molecular formula is C6H5NO4S. The molecule has 0 atom stereocenters. The molecule has 1 N–H and O–H groups in total. The van der Waals surface area contributed by atoms with Gasteiger partial charge in [0.25, 0.3) is 21.0 Å². The van der Waals surface area contributed by atoms with Crippen LogP contribution in [0.15, 0.2) is 15.8 Å². The molecule has 0 radical (unpaired) electrons. The van der Waals surface area contributed by atoms with Gasteiger partial charge in [-0.05, 0) is 6.92 Å². The average Bonchev–Trinajstić information content (AvgIpc) is 2.38. The molecule has 1 amide bonds. The van der Waals surface area contributed by atoms with Crippen LogP contribution in [-0.2, 0) is 10.0 Å². The third-order valence-corrected chi connectivity index (χ3v) is 2.88. The highest BCUT2D eigenvalue weighted by molar-refractivity contribution is 7.90. The molecule has 0 saturated carbocycles. The van der Waals surface area contributed by atoms with Gasteiger partial charge in [0.05, 0.1) is 6.26 Å². The second kappa shape index (κ2) is 1.89. The fourth-order valence-corrected chi connectivity index (χ4v) is 2.25. The summed E-state index contributed by atoms with van der Waals surface area (Å²) < 4.78 is 28.6. The number of carbonyl (C=O) groups excluding carboxylic acids is 1. The molecule has 1 aliphatic heterocycles. The zero-order valence-corrected chi connectivity index (χ0v) is 6.94. The first-order valence-corrected chi connectivity index (χ1v) is 4.66. The molecule has 2 heterocycles. The lowest BCUT2D eigenvalue weighted by molar-refractivity contribution is 0.0984. The van der Waals surface area contributed by atoms with Crippen molar-refractivity contribution < 1.29 is 17.6 Å². The lowest BCUT2D eigenvalue weighted by atomic mass is 10.2. The molecule has 6 heteroatoms. The van der Waals surface area contributed by atoms with Crippen LogP contribution in [0.3, 0.4) is 0 Å². The van der Waals surface area contributed by atoms with E-state index in [0.29, 0.717) is 5.56 Å². The number of hydrogen-bond acceptors (Lipinski definition) is 4. The highest BCUT2D eigenvalue weighted by Gasteiger charge is 2.37. The van der Waals surface area contributed by atoms with Crippen LogP contribution in [0, 0.1) is 6.92 Å². The minimum Gasteiger partial charge on any atom is -0.450 e. The van der Waals surface area contributed by atoms with Crippen molar-refractivity contribution in [3.8, 4) is 0 Å². The van der Waals surface area contributed by atoms with Gasteiger partial charge in [0.1, 0.15) is 5.56 Å². The molecule has 0 bridgehead atoms. The summed E-state index contributed by atoms with van der Waals surface area (Å²) in [5.74, 6) is -0.615.